The summed E-state index contributed by atoms with van der Waals surface area (Å²) in [5.74, 6) is 0.173. The highest BCUT2D eigenvalue weighted by molar-refractivity contribution is 9.10. The first kappa shape index (κ1) is 16.0. The maximum atomic E-state index is 11.9. The number of halogens is 1. The molecule has 112 valence electrons. The summed E-state index contributed by atoms with van der Waals surface area (Å²) in [6.07, 6.45) is 7.27. The predicted molar refractivity (Wildman–Crippen MR) is 87.2 cm³/mol. The van der Waals surface area contributed by atoms with Crippen molar-refractivity contribution in [3.8, 4) is 0 Å². The van der Waals surface area contributed by atoms with E-state index in [9.17, 15) is 9.59 Å². The highest BCUT2D eigenvalue weighted by Gasteiger charge is 2.21. The lowest BCUT2D eigenvalue weighted by Crippen LogP contribution is -2.40. The van der Waals surface area contributed by atoms with Crippen LogP contribution in [0.1, 0.15) is 43.0 Å². The Bertz CT molecular complexity index is 536. The quantitative estimate of drug-likeness (QED) is 0.662. The molecule has 2 unspecified atom stereocenters. The summed E-state index contributed by atoms with van der Waals surface area (Å²) in [6, 6.07) is 7.32. The minimum Gasteiger partial charge on any atom is -0.350 e. The van der Waals surface area contributed by atoms with E-state index in [1.54, 1.807) is 12.1 Å². The molecule has 0 aliphatic heterocycles. The van der Waals surface area contributed by atoms with Gasteiger partial charge in [0.1, 0.15) is 0 Å². The third-order valence-electron chi connectivity index (χ3n) is 3.95. The van der Waals surface area contributed by atoms with E-state index in [0.29, 0.717) is 11.5 Å². The average molecular weight is 350 g/mol. The molecule has 1 aliphatic carbocycles. The molecule has 1 saturated carbocycles. The molecule has 2 atom stereocenters. The van der Waals surface area contributed by atoms with Gasteiger partial charge < -0.3 is 5.32 Å². The van der Waals surface area contributed by atoms with Crippen molar-refractivity contribution in [2.24, 2.45) is 5.92 Å². The van der Waals surface area contributed by atoms with Crippen LogP contribution in [-0.2, 0) is 4.79 Å². The first-order valence-corrected chi connectivity index (χ1v) is 8.14. The number of allylic oxidation sites excluding steroid dienone is 1. The fourth-order valence-electron chi connectivity index (χ4n) is 2.62. The monoisotopic (exact) mass is 349 g/mol. The van der Waals surface area contributed by atoms with Gasteiger partial charge in [0.05, 0.1) is 0 Å². The number of carbonyl (C=O) groups is 2. The molecule has 0 heterocycles. The summed E-state index contributed by atoms with van der Waals surface area (Å²) in [7, 11) is 0. The minimum absolute atomic E-state index is 0.158. The highest BCUT2D eigenvalue weighted by atomic mass is 79.9. The van der Waals surface area contributed by atoms with Crippen molar-refractivity contribution in [1.29, 1.82) is 0 Å². The Morgan fingerprint density at radius 3 is 2.48 bits per heavy atom. The smallest absolute Gasteiger partial charge is 0.244 e. The first-order valence-electron chi connectivity index (χ1n) is 7.35. The molecular formula is C17H20BrNO2. The van der Waals surface area contributed by atoms with Crippen LogP contribution in [0.2, 0.25) is 0 Å². The molecule has 1 amide bonds. The molecule has 1 N–H and O–H groups in total. The van der Waals surface area contributed by atoms with Gasteiger partial charge in [-0.05, 0) is 49.1 Å². The maximum Gasteiger partial charge on any atom is 0.244 e. The van der Waals surface area contributed by atoms with Gasteiger partial charge in [-0.2, -0.15) is 0 Å². The molecule has 3 nitrogen and oxygen atoms in total. The van der Waals surface area contributed by atoms with Crippen LogP contribution in [0.25, 0.3) is 0 Å². The maximum absolute atomic E-state index is 11.9. The Hall–Kier alpha value is -1.42. The molecule has 4 heteroatoms. The molecule has 0 aromatic heterocycles. The Labute approximate surface area is 133 Å². The lowest BCUT2D eigenvalue weighted by atomic mass is 9.86. The highest BCUT2D eigenvalue weighted by Crippen LogP contribution is 2.23. The van der Waals surface area contributed by atoms with Crippen molar-refractivity contribution in [3.63, 3.8) is 0 Å². The normalized spacial score (nSPS) is 22.2. The van der Waals surface area contributed by atoms with Gasteiger partial charge in [-0.3, -0.25) is 9.59 Å². The van der Waals surface area contributed by atoms with Gasteiger partial charge in [0.15, 0.2) is 5.78 Å². The number of benzene rings is 1. The molecule has 1 fully saturated rings. The van der Waals surface area contributed by atoms with Gasteiger partial charge in [-0.15, -0.1) is 0 Å². The predicted octanol–water partition coefficient (Wildman–Crippen LogP) is 3.88. The molecule has 0 spiro atoms. The molecule has 0 radical (unpaired) electrons. The van der Waals surface area contributed by atoms with Crippen LogP contribution in [-0.4, -0.2) is 17.7 Å². The number of carbonyl (C=O) groups excluding carboxylic acids is 2. The Kier molecular flexibility index (Phi) is 5.74. The van der Waals surface area contributed by atoms with Crippen LogP contribution >= 0.6 is 15.9 Å². The molecule has 1 aliphatic rings. The second kappa shape index (κ2) is 7.55. The Balaban J connectivity index is 1.89. The molecular weight excluding hydrogens is 330 g/mol. The van der Waals surface area contributed by atoms with Gasteiger partial charge in [0, 0.05) is 22.2 Å². The second-order valence-electron chi connectivity index (χ2n) is 5.58. The zero-order valence-electron chi connectivity index (χ0n) is 12.1. The fourth-order valence-corrected chi connectivity index (χ4v) is 2.89. The van der Waals surface area contributed by atoms with E-state index in [-0.39, 0.29) is 17.7 Å². The molecule has 21 heavy (non-hydrogen) atoms. The number of rotatable bonds is 4. The van der Waals surface area contributed by atoms with Gasteiger partial charge in [0.2, 0.25) is 5.91 Å². The summed E-state index contributed by atoms with van der Waals surface area (Å²) >= 11 is 3.32. The summed E-state index contributed by atoms with van der Waals surface area (Å²) in [5, 5.41) is 3.00. The van der Waals surface area contributed by atoms with Crippen LogP contribution in [0.15, 0.2) is 40.9 Å². The third-order valence-corrected chi connectivity index (χ3v) is 4.48. The van der Waals surface area contributed by atoms with E-state index >= 15 is 0 Å². The molecule has 2 rings (SSSR count). The van der Waals surface area contributed by atoms with Crippen molar-refractivity contribution in [2.75, 3.05) is 0 Å². The van der Waals surface area contributed by atoms with Crippen molar-refractivity contribution in [3.05, 3.63) is 46.5 Å². The molecule has 0 bridgehead atoms. The van der Waals surface area contributed by atoms with Crippen molar-refractivity contribution < 1.29 is 9.59 Å². The number of ketones is 1. The van der Waals surface area contributed by atoms with Gasteiger partial charge >= 0.3 is 0 Å². The number of hydrogen-bond acceptors (Lipinski definition) is 2. The Morgan fingerprint density at radius 1 is 1.14 bits per heavy atom. The van der Waals surface area contributed by atoms with Gasteiger partial charge in [-0.25, -0.2) is 0 Å². The number of amides is 1. The molecule has 1 aromatic rings. The number of hydrogen-bond donors (Lipinski definition) is 1. The van der Waals surface area contributed by atoms with Crippen LogP contribution in [0.4, 0.5) is 0 Å². The molecule has 1 aromatic carbocycles. The minimum atomic E-state index is -0.181. The zero-order valence-corrected chi connectivity index (χ0v) is 13.7. The molecule has 0 saturated heterocycles. The largest absolute Gasteiger partial charge is 0.350 e. The van der Waals surface area contributed by atoms with E-state index in [4.69, 9.17) is 0 Å². The summed E-state index contributed by atoms with van der Waals surface area (Å²) in [6.45, 7) is 2.17. The van der Waals surface area contributed by atoms with Crippen LogP contribution in [0.5, 0.6) is 0 Å². The lowest BCUT2D eigenvalue weighted by molar-refractivity contribution is -0.117. The van der Waals surface area contributed by atoms with Crippen molar-refractivity contribution in [2.45, 2.75) is 38.6 Å². The summed E-state index contributed by atoms with van der Waals surface area (Å²) in [4.78, 5) is 23.8. The van der Waals surface area contributed by atoms with Crippen LogP contribution in [0.3, 0.4) is 0 Å². The average Bonchev–Trinajstić information content (AvgIpc) is 2.48. The van der Waals surface area contributed by atoms with Gasteiger partial charge in [0.25, 0.3) is 0 Å². The van der Waals surface area contributed by atoms with Crippen LogP contribution < -0.4 is 5.32 Å². The van der Waals surface area contributed by atoms with E-state index in [0.717, 1.165) is 23.7 Å². The van der Waals surface area contributed by atoms with E-state index in [1.807, 2.05) is 12.1 Å². The standard InChI is InChI=1S/C17H20BrNO2/c1-12-4-2-3-5-15(12)19-17(21)11-10-16(20)13-6-8-14(18)9-7-13/h6-12,15H,2-5H2,1H3,(H,19,21)/b11-10+. The number of nitrogens with one attached hydrogen (secondary N) is 1. The fraction of sp³-hybridized carbons (Fsp3) is 0.412. The second-order valence-corrected chi connectivity index (χ2v) is 6.50. The van der Waals surface area contributed by atoms with E-state index in [2.05, 4.69) is 28.2 Å². The van der Waals surface area contributed by atoms with Crippen LogP contribution in [0, 0.1) is 5.92 Å². The third kappa shape index (κ3) is 4.81. The SMILES string of the molecule is CC1CCCCC1NC(=O)/C=C/C(=O)c1ccc(Br)cc1. The van der Waals surface area contributed by atoms with Crippen molar-refractivity contribution in [1.82, 2.24) is 5.32 Å². The van der Waals surface area contributed by atoms with E-state index in [1.165, 1.54) is 18.6 Å². The summed E-state index contributed by atoms with van der Waals surface area (Å²) in [5.41, 5.74) is 0.577. The lowest BCUT2D eigenvalue weighted by Gasteiger charge is -2.29. The van der Waals surface area contributed by atoms with E-state index < -0.39 is 0 Å². The van der Waals surface area contributed by atoms with Gasteiger partial charge in [-0.1, -0.05) is 35.7 Å². The zero-order chi connectivity index (χ0) is 15.2. The topological polar surface area (TPSA) is 46.2 Å². The summed E-state index contributed by atoms with van der Waals surface area (Å²) < 4.78 is 0.923. The first-order chi connectivity index (χ1) is 10.1. The van der Waals surface area contributed by atoms with Crippen molar-refractivity contribution >= 4 is 27.6 Å². The Morgan fingerprint density at radius 2 is 1.81 bits per heavy atom.